The zero-order chi connectivity index (χ0) is 21.7. The van der Waals surface area contributed by atoms with Crippen molar-refractivity contribution in [2.24, 2.45) is 0 Å². The minimum atomic E-state index is -0.545. The minimum absolute atomic E-state index is 0.0710. The molecule has 1 fully saturated rings. The molecule has 0 aliphatic carbocycles. The zero-order valence-electron chi connectivity index (χ0n) is 18.2. The SMILES string of the molecule is CCOC(=O)c1c(C(=O)N2CCN(CC)CC2)nc(-c2ccccc2)nc1C(C)C. The zero-order valence-corrected chi connectivity index (χ0v) is 18.2. The molecule has 1 aromatic carbocycles. The molecule has 0 bridgehead atoms. The smallest absolute Gasteiger partial charge is 0.342 e. The summed E-state index contributed by atoms with van der Waals surface area (Å²) in [6.07, 6.45) is 0. The molecule has 0 N–H and O–H groups in total. The van der Waals surface area contributed by atoms with E-state index in [9.17, 15) is 9.59 Å². The van der Waals surface area contributed by atoms with Crippen molar-refractivity contribution < 1.29 is 14.3 Å². The van der Waals surface area contributed by atoms with Crippen molar-refractivity contribution in [2.45, 2.75) is 33.6 Å². The first-order chi connectivity index (χ1) is 14.5. The predicted molar refractivity (Wildman–Crippen MR) is 116 cm³/mol. The molecule has 7 heteroatoms. The number of piperazine rings is 1. The summed E-state index contributed by atoms with van der Waals surface area (Å²) >= 11 is 0. The Labute approximate surface area is 178 Å². The fraction of sp³-hybridized carbons (Fsp3) is 0.478. The number of esters is 1. The lowest BCUT2D eigenvalue weighted by atomic mass is 10.0. The summed E-state index contributed by atoms with van der Waals surface area (Å²) in [4.78, 5) is 39.7. The Hall–Kier alpha value is -2.80. The standard InChI is InChI=1S/C23H30N4O3/c1-5-26-12-14-27(15-13-26)22(28)20-18(23(29)30-6-2)19(16(3)4)24-21(25-20)17-10-8-7-9-11-17/h7-11,16H,5-6,12-15H2,1-4H3. The van der Waals surface area contributed by atoms with Crippen molar-refractivity contribution in [3.63, 3.8) is 0 Å². The Balaban J connectivity index is 2.11. The molecule has 160 valence electrons. The van der Waals surface area contributed by atoms with E-state index in [4.69, 9.17) is 4.74 Å². The molecule has 1 saturated heterocycles. The lowest BCUT2D eigenvalue weighted by Crippen LogP contribution is -2.49. The first-order valence-corrected chi connectivity index (χ1v) is 10.6. The highest BCUT2D eigenvalue weighted by Crippen LogP contribution is 2.26. The molecule has 0 spiro atoms. The summed E-state index contributed by atoms with van der Waals surface area (Å²) in [5.41, 5.74) is 1.67. The van der Waals surface area contributed by atoms with Crippen LogP contribution in [0, 0.1) is 0 Å². The predicted octanol–water partition coefficient (Wildman–Crippen LogP) is 3.22. The van der Waals surface area contributed by atoms with Gasteiger partial charge in [0.15, 0.2) is 5.82 Å². The van der Waals surface area contributed by atoms with Gasteiger partial charge in [0.25, 0.3) is 5.91 Å². The topological polar surface area (TPSA) is 75.6 Å². The Kier molecular flexibility index (Phi) is 7.15. The van der Waals surface area contributed by atoms with Crippen LogP contribution in [0.3, 0.4) is 0 Å². The Morgan fingerprint density at radius 2 is 1.70 bits per heavy atom. The largest absolute Gasteiger partial charge is 0.462 e. The molecule has 0 unspecified atom stereocenters. The van der Waals surface area contributed by atoms with E-state index in [1.165, 1.54) is 0 Å². The van der Waals surface area contributed by atoms with E-state index < -0.39 is 5.97 Å². The molecule has 1 aromatic heterocycles. The van der Waals surface area contributed by atoms with Crippen LogP contribution in [0.15, 0.2) is 30.3 Å². The summed E-state index contributed by atoms with van der Waals surface area (Å²) in [6.45, 7) is 11.8. The van der Waals surface area contributed by atoms with E-state index in [0.29, 0.717) is 24.6 Å². The normalized spacial score (nSPS) is 14.8. The first kappa shape index (κ1) is 21.9. The summed E-state index contributed by atoms with van der Waals surface area (Å²) in [6, 6.07) is 9.52. The van der Waals surface area contributed by atoms with Crippen molar-refractivity contribution in [3.8, 4) is 11.4 Å². The molecule has 1 amide bonds. The second-order valence-electron chi connectivity index (χ2n) is 7.62. The third-order valence-electron chi connectivity index (χ3n) is 5.30. The maximum absolute atomic E-state index is 13.5. The summed E-state index contributed by atoms with van der Waals surface area (Å²) in [5, 5.41) is 0. The van der Waals surface area contributed by atoms with Crippen LogP contribution in [-0.4, -0.2) is 71.0 Å². The molecule has 1 aliphatic heterocycles. The average Bonchev–Trinajstić information content (AvgIpc) is 2.78. The molecule has 30 heavy (non-hydrogen) atoms. The number of aromatic nitrogens is 2. The van der Waals surface area contributed by atoms with Gasteiger partial charge in [-0.3, -0.25) is 4.79 Å². The van der Waals surface area contributed by atoms with Crippen LogP contribution in [0.5, 0.6) is 0 Å². The number of rotatable bonds is 6. The average molecular weight is 411 g/mol. The van der Waals surface area contributed by atoms with Gasteiger partial charge in [0.2, 0.25) is 0 Å². The van der Waals surface area contributed by atoms with Crippen molar-refractivity contribution in [2.75, 3.05) is 39.3 Å². The number of ether oxygens (including phenoxy) is 1. The van der Waals surface area contributed by atoms with Crippen LogP contribution in [0.1, 0.15) is 60.2 Å². The molecule has 1 aliphatic rings. The van der Waals surface area contributed by atoms with E-state index in [2.05, 4.69) is 21.8 Å². The van der Waals surface area contributed by atoms with Crippen LogP contribution in [0.4, 0.5) is 0 Å². The molecular formula is C23H30N4O3. The van der Waals surface area contributed by atoms with Crippen LogP contribution >= 0.6 is 0 Å². The van der Waals surface area contributed by atoms with Crippen molar-refractivity contribution in [1.29, 1.82) is 0 Å². The molecule has 0 atom stereocenters. The van der Waals surface area contributed by atoms with E-state index in [1.807, 2.05) is 44.2 Å². The van der Waals surface area contributed by atoms with Gasteiger partial charge in [-0.2, -0.15) is 0 Å². The van der Waals surface area contributed by atoms with Gasteiger partial charge in [-0.15, -0.1) is 0 Å². The minimum Gasteiger partial charge on any atom is -0.462 e. The number of hydrogen-bond acceptors (Lipinski definition) is 6. The quantitative estimate of drug-likeness (QED) is 0.681. The number of benzene rings is 1. The number of carbonyl (C=O) groups is 2. The third-order valence-corrected chi connectivity index (χ3v) is 5.30. The number of carbonyl (C=O) groups excluding carboxylic acids is 2. The fourth-order valence-electron chi connectivity index (χ4n) is 3.59. The monoisotopic (exact) mass is 410 g/mol. The number of nitrogens with zero attached hydrogens (tertiary/aromatic N) is 4. The summed E-state index contributed by atoms with van der Waals surface area (Å²) < 4.78 is 5.28. The molecule has 2 heterocycles. The summed E-state index contributed by atoms with van der Waals surface area (Å²) in [5.74, 6) is -0.409. The lowest BCUT2D eigenvalue weighted by Gasteiger charge is -2.34. The van der Waals surface area contributed by atoms with E-state index in [-0.39, 0.29) is 29.7 Å². The fourth-order valence-corrected chi connectivity index (χ4v) is 3.59. The Morgan fingerprint density at radius 3 is 2.27 bits per heavy atom. The van der Waals surface area contributed by atoms with Crippen molar-refractivity contribution in [3.05, 3.63) is 47.3 Å². The van der Waals surface area contributed by atoms with Gasteiger partial charge in [0.1, 0.15) is 11.3 Å². The van der Waals surface area contributed by atoms with Crippen LogP contribution in [0.25, 0.3) is 11.4 Å². The van der Waals surface area contributed by atoms with Crippen molar-refractivity contribution >= 4 is 11.9 Å². The maximum Gasteiger partial charge on any atom is 0.342 e. The Bertz CT molecular complexity index is 891. The van der Waals surface area contributed by atoms with Gasteiger partial charge >= 0.3 is 5.97 Å². The maximum atomic E-state index is 13.5. The third kappa shape index (κ3) is 4.67. The number of amides is 1. The second-order valence-corrected chi connectivity index (χ2v) is 7.62. The molecule has 3 rings (SSSR count). The van der Waals surface area contributed by atoms with Crippen LogP contribution in [-0.2, 0) is 4.74 Å². The molecule has 0 saturated carbocycles. The lowest BCUT2D eigenvalue weighted by molar-refractivity contribution is 0.0508. The van der Waals surface area contributed by atoms with Gasteiger partial charge in [-0.1, -0.05) is 51.1 Å². The summed E-state index contributed by atoms with van der Waals surface area (Å²) in [7, 11) is 0. The molecular weight excluding hydrogens is 380 g/mol. The van der Waals surface area contributed by atoms with Crippen LogP contribution < -0.4 is 0 Å². The number of hydrogen-bond donors (Lipinski definition) is 0. The number of likely N-dealkylation sites (N-methyl/N-ethyl adjacent to an activating group) is 1. The van der Waals surface area contributed by atoms with Gasteiger partial charge < -0.3 is 14.5 Å². The van der Waals surface area contributed by atoms with Gasteiger partial charge in [0.05, 0.1) is 12.3 Å². The van der Waals surface area contributed by atoms with Crippen LogP contribution in [0.2, 0.25) is 0 Å². The van der Waals surface area contributed by atoms with E-state index >= 15 is 0 Å². The molecule has 7 nitrogen and oxygen atoms in total. The highest BCUT2D eigenvalue weighted by atomic mass is 16.5. The first-order valence-electron chi connectivity index (χ1n) is 10.6. The van der Waals surface area contributed by atoms with E-state index in [1.54, 1.807) is 11.8 Å². The highest BCUT2D eigenvalue weighted by molar-refractivity contribution is 6.05. The molecule has 2 aromatic rings. The van der Waals surface area contributed by atoms with Gasteiger partial charge in [-0.25, -0.2) is 14.8 Å². The van der Waals surface area contributed by atoms with Gasteiger partial charge in [-0.05, 0) is 19.4 Å². The second kappa shape index (κ2) is 9.80. The van der Waals surface area contributed by atoms with Gasteiger partial charge in [0, 0.05) is 31.7 Å². The Morgan fingerprint density at radius 1 is 1.03 bits per heavy atom. The van der Waals surface area contributed by atoms with Crippen molar-refractivity contribution in [1.82, 2.24) is 19.8 Å². The highest BCUT2D eigenvalue weighted by Gasteiger charge is 2.31. The molecule has 0 radical (unpaired) electrons. The van der Waals surface area contributed by atoms with E-state index in [0.717, 1.165) is 25.2 Å².